The predicted molar refractivity (Wildman–Crippen MR) is 152 cm³/mol. The summed E-state index contributed by atoms with van der Waals surface area (Å²) in [5, 5.41) is 3.16. The van der Waals surface area contributed by atoms with Gasteiger partial charge in [0.2, 0.25) is 0 Å². The number of carbonyl (C=O) groups excluding carboxylic acids is 1. The van der Waals surface area contributed by atoms with E-state index in [4.69, 9.17) is 0 Å². The number of nitrogens with one attached hydrogen (secondary N) is 1. The van der Waals surface area contributed by atoms with Crippen LogP contribution in [0.5, 0.6) is 0 Å². The number of rotatable bonds is 9. The summed E-state index contributed by atoms with van der Waals surface area (Å²) in [6.07, 6.45) is 1.95. The molecular weight excluding hydrogens is 500 g/mol. The lowest BCUT2D eigenvalue weighted by Crippen LogP contribution is -2.31. The zero-order valence-electron chi connectivity index (χ0n) is 21.1. The monoisotopic (exact) mass is 530 g/mol. The summed E-state index contributed by atoms with van der Waals surface area (Å²) in [5.41, 5.74) is 4.05. The number of thioether (sulfide) groups is 1. The van der Waals surface area contributed by atoms with Gasteiger partial charge in [0.15, 0.2) is 0 Å². The molecule has 1 atom stereocenters. The van der Waals surface area contributed by atoms with Gasteiger partial charge < -0.3 is 5.32 Å². The summed E-state index contributed by atoms with van der Waals surface area (Å²) in [5.74, 6) is -0.234. The number of hydrogen-bond acceptors (Lipinski definition) is 4. The lowest BCUT2D eigenvalue weighted by atomic mass is 9.94. The van der Waals surface area contributed by atoms with E-state index in [9.17, 15) is 13.2 Å². The second kappa shape index (κ2) is 11.7. The van der Waals surface area contributed by atoms with Crippen molar-refractivity contribution in [1.82, 2.24) is 5.32 Å². The van der Waals surface area contributed by atoms with Crippen LogP contribution in [-0.4, -0.2) is 27.1 Å². The van der Waals surface area contributed by atoms with Crippen LogP contribution in [0.2, 0.25) is 0 Å². The van der Waals surface area contributed by atoms with E-state index in [0.29, 0.717) is 11.3 Å². The predicted octanol–water partition coefficient (Wildman–Crippen LogP) is 6.45. The SMILES string of the molecule is CCN(c1ccc(C(=O)N[C@@H](c2ccccc2)c2ccccc2C)cc1)S(=O)(=O)c1ccc(SC)cc1. The van der Waals surface area contributed by atoms with Crippen molar-refractivity contribution in [3.63, 3.8) is 0 Å². The van der Waals surface area contributed by atoms with Crippen molar-refractivity contribution < 1.29 is 13.2 Å². The van der Waals surface area contributed by atoms with Gasteiger partial charge in [-0.05, 0) is 85.3 Å². The number of sulfonamides is 1. The van der Waals surface area contributed by atoms with Crippen LogP contribution in [0, 0.1) is 6.92 Å². The van der Waals surface area contributed by atoms with Gasteiger partial charge in [0.1, 0.15) is 0 Å². The van der Waals surface area contributed by atoms with Crippen LogP contribution >= 0.6 is 11.8 Å². The van der Waals surface area contributed by atoms with Crippen LogP contribution in [0.15, 0.2) is 113 Å². The molecule has 0 aromatic heterocycles. The Kier molecular flexibility index (Phi) is 8.36. The maximum absolute atomic E-state index is 13.3. The maximum Gasteiger partial charge on any atom is 0.264 e. The van der Waals surface area contributed by atoms with Crippen molar-refractivity contribution in [2.45, 2.75) is 29.7 Å². The Morgan fingerprint density at radius 2 is 1.49 bits per heavy atom. The van der Waals surface area contributed by atoms with Gasteiger partial charge in [-0.2, -0.15) is 0 Å². The van der Waals surface area contributed by atoms with Gasteiger partial charge >= 0.3 is 0 Å². The standard InChI is InChI=1S/C30H30N2O3S2/c1-4-32(37(34,35)27-20-18-26(36-3)19-21-27)25-16-14-24(15-17-25)30(33)31-29(23-11-6-5-7-12-23)28-13-9-8-10-22(28)2/h5-21,29H,4H2,1-3H3,(H,31,33)/t29-/m0/s1. The first-order chi connectivity index (χ1) is 17.8. The summed E-state index contributed by atoms with van der Waals surface area (Å²) >= 11 is 1.56. The smallest absolute Gasteiger partial charge is 0.264 e. The fourth-order valence-electron chi connectivity index (χ4n) is 4.26. The van der Waals surface area contributed by atoms with E-state index in [0.717, 1.165) is 21.6 Å². The van der Waals surface area contributed by atoms with Crippen LogP contribution in [0.25, 0.3) is 0 Å². The first-order valence-electron chi connectivity index (χ1n) is 12.0. The molecule has 0 fully saturated rings. The Labute approximate surface area is 223 Å². The van der Waals surface area contributed by atoms with E-state index in [2.05, 4.69) is 5.32 Å². The zero-order valence-corrected chi connectivity index (χ0v) is 22.7. The van der Waals surface area contributed by atoms with Gasteiger partial charge in [-0.3, -0.25) is 9.10 Å². The van der Waals surface area contributed by atoms with Crippen molar-refractivity contribution in [3.05, 3.63) is 125 Å². The van der Waals surface area contributed by atoms with Crippen molar-refractivity contribution in [2.75, 3.05) is 17.1 Å². The largest absolute Gasteiger partial charge is 0.341 e. The molecule has 0 saturated carbocycles. The minimum absolute atomic E-state index is 0.234. The molecule has 5 nitrogen and oxygen atoms in total. The van der Waals surface area contributed by atoms with Gasteiger partial charge in [-0.1, -0.05) is 54.6 Å². The van der Waals surface area contributed by atoms with Crippen LogP contribution < -0.4 is 9.62 Å². The van der Waals surface area contributed by atoms with Gasteiger partial charge in [-0.25, -0.2) is 8.42 Å². The molecule has 0 saturated heterocycles. The number of nitrogens with zero attached hydrogens (tertiary/aromatic N) is 1. The lowest BCUT2D eigenvalue weighted by molar-refractivity contribution is 0.0943. The highest BCUT2D eigenvalue weighted by Crippen LogP contribution is 2.27. The van der Waals surface area contributed by atoms with Gasteiger partial charge in [-0.15, -0.1) is 11.8 Å². The first-order valence-corrected chi connectivity index (χ1v) is 14.7. The molecule has 0 aliphatic rings. The molecule has 190 valence electrons. The van der Waals surface area contributed by atoms with Crippen LogP contribution in [0.4, 0.5) is 5.69 Å². The molecule has 0 heterocycles. The van der Waals surface area contributed by atoms with Crippen molar-refractivity contribution in [3.8, 4) is 0 Å². The third-order valence-electron chi connectivity index (χ3n) is 6.26. The molecule has 1 N–H and O–H groups in total. The molecule has 0 aliphatic carbocycles. The highest BCUT2D eigenvalue weighted by atomic mass is 32.2. The topological polar surface area (TPSA) is 66.5 Å². The number of anilines is 1. The van der Waals surface area contributed by atoms with Crippen molar-refractivity contribution in [2.24, 2.45) is 0 Å². The molecule has 0 spiro atoms. The molecule has 4 rings (SSSR count). The van der Waals surface area contributed by atoms with Gasteiger partial charge in [0.05, 0.1) is 16.6 Å². The Hall–Kier alpha value is -3.55. The molecule has 0 unspecified atom stereocenters. The minimum Gasteiger partial charge on any atom is -0.341 e. The van der Waals surface area contributed by atoms with Gasteiger partial charge in [0.25, 0.3) is 15.9 Å². The normalized spacial score (nSPS) is 12.1. The fraction of sp³-hybridized carbons (Fsp3) is 0.167. The first kappa shape index (κ1) is 26.5. The molecule has 0 radical (unpaired) electrons. The van der Waals surface area contributed by atoms with Crippen molar-refractivity contribution >= 4 is 33.4 Å². The third kappa shape index (κ3) is 5.89. The van der Waals surface area contributed by atoms with E-state index in [1.807, 2.05) is 67.8 Å². The van der Waals surface area contributed by atoms with Crippen molar-refractivity contribution in [1.29, 1.82) is 0 Å². The molecular formula is C30H30N2O3S2. The molecule has 0 bridgehead atoms. The maximum atomic E-state index is 13.3. The molecule has 1 amide bonds. The molecule has 7 heteroatoms. The fourth-order valence-corrected chi connectivity index (χ4v) is 6.14. The zero-order chi connectivity index (χ0) is 26.4. The van der Waals surface area contributed by atoms with E-state index < -0.39 is 10.0 Å². The Bertz CT molecular complexity index is 1450. The van der Waals surface area contributed by atoms with Crippen LogP contribution in [-0.2, 0) is 10.0 Å². The quantitative estimate of drug-likeness (QED) is 0.253. The lowest BCUT2D eigenvalue weighted by Gasteiger charge is -2.24. The summed E-state index contributed by atoms with van der Waals surface area (Å²) in [6, 6.07) is 31.1. The summed E-state index contributed by atoms with van der Waals surface area (Å²) in [4.78, 5) is 14.5. The average Bonchev–Trinajstić information content (AvgIpc) is 2.93. The highest BCUT2D eigenvalue weighted by Gasteiger charge is 2.24. The number of hydrogen-bond donors (Lipinski definition) is 1. The minimum atomic E-state index is -3.73. The third-order valence-corrected chi connectivity index (χ3v) is 8.92. The van der Waals surface area contributed by atoms with Crippen LogP contribution in [0.3, 0.4) is 0 Å². The summed E-state index contributed by atoms with van der Waals surface area (Å²) in [6.45, 7) is 4.09. The summed E-state index contributed by atoms with van der Waals surface area (Å²) < 4.78 is 28.0. The molecule has 4 aromatic rings. The number of amides is 1. The Morgan fingerprint density at radius 1 is 0.865 bits per heavy atom. The molecule has 37 heavy (non-hydrogen) atoms. The molecule has 4 aromatic carbocycles. The number of carbonyl (C=O) groups is 1. The summed E-state index contributed by atoms with van der Waals surface area (Å²) in [7, 11) is -3.73. The van der Waals surface area contributed by atoms with E-state index in [-0.39, 0.29) is 23.4 Å². The Balaban J connectivity index is 1.58. The second-order valence-electron chi connectivity index (χ2n) is 8.57. The Morgan fingerprint density at radius 3 is 2.08 bits per heavy atom. The molecule has 0 aliphatic heterocycles. The van der Waals surface area contributed by atoms with E-state index in [1.54, 1.807) is 67.2 Å². The number of aryl methyl sites for hydroxylation is 1. The number of benzene rings is 4. The van der Waals surface area contributed by atoms with Crippen LogP contribution in [0.1, 0.15) is 40.0 Å². The highest BCUT2D eigenvalue weighted by molar-refractivity contribution is 7.98. The average molecular weight is 531 g/mol. The van der Waals surface area contributed by atoms with Gasteiger partial charge in [0, 0.05) is 17.0 Å². The van der Waals surface area contributed by atoms with E-state index >= 15 is 0 Å². The van der Waals surface area contributed by atoms with E-state index in [1.165, 1.54) is 4.31 Å². The second-order valence-corrected chi connectivity index (χ2v) is 11.3.